The Morgan fingerprint density at radius 3 is 0.970 bits per heavy atom. The van der Waals surface area contributed by atoms with Gasteiger partial charge in [-0.25, -0.2) is 0 Å². The Labute approximate surface area is 412 Å². The second kappa shape index (κ2) is 54.7. The summed E-state index contributed by atoms with van der Waals surface area (Å²) in [7, 11) is 0. The van der Waals surface area contributed by atoms with Crippen LogP contribution in [0.3, 0.4) is 0 Å². The van der Waals surface area contributed by atoms with Crippen molar-refractivity contribution < 1.29 is 28.6 Å². The molecule has 0 aliphatic rings. The molecule has 0 aromatic heterocycles. The van der Waals surface area contributed by atoms with E-state index in [9.17, 15) is 14.4 Å². The molecule has 0 aliphatic heterocycles. The molecule has 0 radical (unpaired) electrons. The predicted octanol–water partition coefficient (Wildman–Crippen LogP) is 18.3. The first-order valence-electron chi connectivity index (χ1n) is 27.5. The van der Waals surface area contributed by atoms with Gasteiger partial charge in [0, 0.05) is 19.3 Å². The molecule has 0 aromatic rings. The number of carbonyl (C=O) groups is 3. The van der Waals surface area contributed by atoms with Gasteiger partial charge in [-0.2, -0.15) is 0 Å². The lowest BCUT2D eigenvalue weighted by Crippen LogP contribution is -2.30. The minimum atomic E-state index is -0.804. The average Bonchev–Trinajstić information content (AvgIpc) is 3.33. The van der Waals surface area contributed by atoms with Gasteiger partial charge in [0.15, 0.2) is 6.10 Å². The standard InChI is InChI=1S/C61H100O6/c1-4-7-10-13-16-19-22-25-28-29-30-31-34-36-39-42-45-48-51-54-60(63)66-57-58(67-61(64)55-52-49-46-43-40-37-33-27-24-21-18-15-12-9-6-3)56-65-59(62)53-50-47-44-41-38-35-32-26-23-20-17-14-11-8-5-2/h7,10,13,16,18-19,21-22,24-25,27-31,34,36,39,58H,4-6,8-9,11-12,14-15,17,20,23,26,32-33,35,37-38,40-57H2,1-3H3/b10-7-,16-13-,21-18-,22-19-,27-24-,28-25-,30-29+,34-31-,39-36-. The number of hydrogen-bond donors (Lipinski definition) is 0. The Kier molecular flexibility index (Phi) is 51.5. The molecule has 0 saturated heterocycles. The molecular weight excluding hydrogens is 829 g/mol. The molecule has 0 bridgehead atoms. The molecule has 0 rings (SSSR count). The van der Waals surface area contributed by atoms with E-state index in [2.05, 4.69) is 57.2 Å². The van der Waals surface area contributed by atoms with Crippen LogP contribution in [0.25, 0.3) is 0 Å². The van der Waals surface area contributed by atoms with E-state index in [1.54, 1.807) is 0 Å². The molecule has 67 heavy (non-hydrogen) atoms. The van der Waals surface area contributed by atoms with E-state index in [0.717, 1.165) is 83.5 Å². The zero-order chi connectivity index (χ0) is 48.6. The van der Waals surface area contributed by atoms with Crippen LogP contribution in [0.5, 0.6) is 0 Å². The highest BCUT2D eigenvalue weighted by Gasteiger charge is 2.19. The number of hydrogen-bond acceptors (Lipinski definition) is 6. The summed E-state index contributed by atoms with van der Waals surface area (Å²) in [5.41, 5.74) is 0. The normalized spacial score (nSPS) is 12.9. The maximum Gasteiger partial charge on any atom is 0.306 e. The number of ether oxygens (including phenoxy) is 3. The zero-order valence-electron chi connectivity index (χ0n) is 43.4. The molecule has 6 nitrogen and oxygen atoms in total. The third kappa shape index (κ3) is 52.9. The summed E-state index contributed by atoms with van der Waals surface area (Å²) in [5.74, 6) is -0.955. The number of unbranched alkanes of at least 4 members (excludes halogenated alkanes) is 26. The largest absolute Gasteiger partial charge is 0.462 e. The first-order valence-corrected chi connectivity index (χ1v) is 27.5. The van der Waals surface area contributed by atoms with Crippen LogP contribution in [0, 0.1) is 0 Å². The van der Waals surface area contributed by atoms with E-state index in [4.69, 9.17) is 14.2 Å². The van der Waals surface area contributed by atoms with Crippen molar-refractivity contribution in [1.29, 1.82) is 0 Å². The fourth-order valence-electron chi connectivity index (χ4n) is 7.36. The molecule has 1 unspecified atom stereocenters. The van der Waals surface area contributed by atoms with Crippen molar-refractivity contribution >= 4 is 17.9 Å². The van der Waals surface area contributed by atoms with E-state index >= 15 is 0 Å². The second-order valence-electron chi connectivity index (χ2n) is 18.0. The van der Waals surface area contributed by atoms with Gasteiger partial charge in [-0.1, -0.05) is 265 Å². The maximum atomic E-state index is 12.8. The highest BCUT2D eigenvalue weighted by molar-refractivity contribution is 5.71. The molecule has 0 N–H and O–H groups in total. The van der Waals surface area contributed by atoms with Gasteiger partial charge in [0.05, 0.1) is 0 Å². The van der Waals surface area contributed by atoms with Crippen LogP contribution in [0.1, 0.15) is 239 Å². The summed E-state index contributed by atoms with van der Waals surface area (Å²) >= 11 is 0. The summed E-state index contributed by atoms with van der Waals surface area (Å²) in [4.78, 5) is 38.1. The van der Waals surface area contributed by atoms with E-state index in [0.29, 0.717) is 19.3 Å². The zero-order valence-corrected chi connectivity index (χ0v) is 43.4. The number of allylic oxidation sites excluding steroid dienone is 18. The van der Waals surface area contributed by atoms with E-state index < -0.39 is 6.10 Å². The number of carbonyl (C=O) groups excluding carboxylic acids is 3. The lowest BCUT2D eigenvalue weighted by Gasteiger charge is -2.18. The smallest absolute Gasteiger partial charge is 0.306 e. The van der Waals surface area contributed by atoms with Crippen LogP contribution in [0.4, 0.5) is 0 Å². The van der Waals surface area contributed by atoms with Crippen molar-refractivity contribution in [2.24, 2.45) is 0 Å². The fourth-order valence-corrected chi connectivity index (χ4v) is 7.36. The molecule has 0 heterocycles. The first kappa shape index (κ1) is 63.1. The minimum absolute atomic E-state index is 0.0977. The van der Waals surface area contributed by atoms with Crippen LogP contribution >= 0.6 is 0 Å². The third-order valence-electron chi connectivity index (χ3n) is 11.5. The summed E-state index contributed by atoms with van der Waals surface area (Å²) in [6, 6.07) is 0. The predicted molar refractivity (Wildman–Crippen MR) is 288 cm³/mol. The Bertz CT molecular complexity index is 1390. The monoisotopic (exact) mass is 929 g/mol. The summed E-state index contributed by atoms with van der Waals surface area (Å²) in [6.45, 7) is 6.42. The van der Waals surface area contributed by atoms with E-state index in [1.807, 2.05) is 72.9 Å². The van der Waals surface area contributed by atoms with Crippen molar-refractivity contribution in [3.8, 4) is 0 Å². The highest BCUT2D eigenvalue weighted by Crippen LogP contribution is 2.15. The molecule has 0 aromatic carbocycles. The van der Waals surface area contributed by atoms with Gasteiger partial charge in [-0.3, -0.25) is 14.4 Å². The van der Waals surface area contributed by atoms with Gasteiger partial charge in [-0.15, -0.1) is 0 Å². The van der Waals surface area contributed by atoms with Crippen LogP contribution in [-0.2, 0) is 28.6 Å². The lowest BCUT2D eigenvalue weighted by molar-refractivity contribution is -0.167. The molecule has 0 fully saturated rings. The van der Waals surface area contributed by atoms with Gasteiger partial charge in [0.2, 0.25) is 0 Å². The van der Waals surface area contributed by atoms with Crippen LogP contribution in [0.2, 0.25) is 0 Å². The molecule has 0 aliphatic carbocycles. The van der Waals surface area contributed by atoms with Crippen molar-refractivity contribution in [2.75, 3.05) is 13.2 Å². The number of rotatable bonds is 48. The van der Waals surface area contributed by atoms with Crippen LogP contribution in [-0.4, -0.2) is 37.2 Å². The molecule has 6 heteroatoms. The Balaban J connectivity index is 4.51. The van der Waals surface area contributed by atoms with E-state index in [-0.39, 0.29) is 31.1 Å². The van der Waals surface area contributed by atoms with Crippen molar-refractivity contribution in [1.82, 2.24) is 0 Å². The second-order valence-corrected chi connectivity index (χ2v) is 18.0. The SMILES string of the molecule is CC\C=C/C=C\C=C/C=C\C=C\C=C/C=C\CCCCCC(=O)OCC(COC(=O)CCCCCCCCCCCCCCCCC)OC(=O)CCCCCCCC/C=C\C=C/CCCCC. The van der Waals surface area contributed by atoms with Crippen molar-refractivity contribution in [2.45, 2.75) is 245 Å². The summed E-state index contributed by atoms with van der Waals surface area (Å²) < 4.78 is 16.8. The molecule has 0 amide bonds. The van der Waals surface area contributed by atoms with Gasteiger partial charge in [0.25, 0.3) is 0 Å². The quantitative estimate of drug-likeness (QED) is 0.0262. The fraction of sp³-hybridized carbons (Fsp3) is 0.656. The van der Waals surface area contributed by atoms with Crippen molar-refractivity contribution in [3.05, 3.63) is 109 Å². The van der Waals surface area contributed by atoms with Gasteiger partial charge >= 0.3 is 17.9 Å². The van der Waals surface area contributed by atoms with Gasteiger partial charge in [-0.05, 0) is 64.2 Å². The molecule has 380 valence electrons. The number of esters is 3. The lowest BCUT2D eigenvalue weighted by atomic mass is 10.0. The summed E-state index contributed by atoms with van der Waals surface area (Å²) in [6.07, 6.45) is 73.5. The van der Waals surface area contributed by atoms with E-state index in [1.165, 1.54) is 116 Å². The summed E-state index contributed by atoms with van der Waals surface area (Å²) in [5, 5.41) is 0. The Morgan fingerprint density at radius 1 is 0.313 bits per heavy atom. The topological polar surface area (TPSA) is 78.9 Å². The van der Waals surface area contributed by atoms with Crippen LogP contribution < -0.4 is 0 Å². The molecule has 0 spiro atoms. The maximum absolute atomic E-state index is 12.8. The molecular formula is C61H100O6. The van der Waals surface area contributed by atoms with Crippen molar-refractivity contribution in [3.63, 3.8) is 0 Å². The van der Waals surface area contributed by atoms with Gasteiger partial charge < -0.3 is 14.2 Å². The average molecular weight is 929 g/mol. The van der Waals surface area contributed by atoms with Gasteiger partial charge in [0.1, 0.15) is 13.2 Å². The first-order chi connectivity index (χ1) is 33.0. The third-order valence-corrected chi connectivity index (χ3v) is 11.5. The Hall–Kier alpha value is -3.93. The molecule has 1 atom stereocenters. The minimum Gasteiger partial charge on any atom is -0.462 e. The highest BCUT2D eigenvalue weighted by atomic mass is 16.6. The Morgan fingerprint density at radius 2 is 0.582 bits per heavy atom. The van der Waals surface area contributed by atoms with Crippen LogP contribution in [0.15, 0.2) is 109 Å². The molecule has 0 saturated carbocycles.